The number of rotatable bonds is 4. The molecule has 0 spiro atoms. The van der Waals surface area contributed by atoms with Crippen molar-refractivity contribution in [3.63, 3.8) is 0 Å². The molecule has 0 fully saturated rings. The van der Waals surface area contributed by atoms with E-state index in [2.05, 4.69) is 10.5 Å². The number of aromatic hydroxyl groups is 2. The van der Waals surface area contributed by atoms with Crippen LogP contribution in [0.2, 0.25) is 0 Å². The molecule has 0 saturated carbocycles. The number of hydrogen-bond donors (Lipinski definition) is 6. The maximum Gasteiger partial charge on any atom is 0.302 e. The van der Waals surface area contributed by atoms with E-state index in [1.165, 1.54) is 59.3 Å². The number of esters is 1. The Bertz CT molecular complexity index is 1830. The van der Waals surface area contributed by atoms with Crippen LogP contribution in [-0.2, 0) is 35.1 Å². The molecule has 3 heterocycles. The van der Waals surface area contributed by atoms with Gasteiger partial charge in [-0.2, -0.15) is 0 Å². The standard InChI is InChI=1S/C38H48N2O13/c1-16-11-10-12-17(2)37(48)39-28-23(15-41)32(46)25-26(33(28)47)31(45)21(6)35-27(25)36(40-49)38(8,53-35)51-14-13-24(50-9)18(3)34(52-22(7)42)20(5)30(44)19(4)29(16)43/h10-14,16,18-20,24,29-30,34,41,43-44,46-47H,15H2,1-9H3,(H,39,48)/b11-10+,14-13+,17-12-/t16-,18+,19+,20+,24-,29-,30+,34+,38-/m0/s1. The summed E-state index contributed by atoms with van der Waals surface area (Å²) in [6.07, 6.45) is 3.27. The van der Waals surface area contributed by atoms with Crippen LogP contribution in [-0.4, -0.2) is 80.5 Å². The zero-order valence-electron chi connectivity index (χ0n) is 31.2. The molecule has 53 heavy (non-hydrogen) atoms. The maximum atomic E-state index is 13.8. The molecule has 4 aliphatic rings. The van der Waals surface area contributed by atoms with Crippen LogP contribution in [0.3, 0.4) is 0 Å². The van der Waals surface area contributed by atoms with Gasteiger partial charge in [0.1, 0.15) is 17.6 Å². The summed E-state index contributed by atoms with van der Waals surface area (Å²) in [5, 5.41) is 61.6. The number of carbonyl (C=O) groups excluding carboxylic acids is 3. The molecule has 5 rings (SSSR count). The van der Waals surface area contributed by atoms with Gasteiger partial charge in [0, 0.05) is 66.9 Å². The number of ether oxygens (including phenoxy) is 4. The van der Waals surface area contributed by atoms with Crippen LogP contribution >= 0.6 is 0 Å². The smallest absolute Gasteiger partial charge is 0.302 e. The number of Topliss-reactive ketones (excluding diaryl/α,β-unsaturated/α-hetero) is 1. The second-order valence-electron chi connectivity index (χ2n) is 13.9. The highest BCUT2D eigenvalue weighted by molar-refractivity contribution is 6.21. The van der Waals surface area contributed by atoms with Gasteiger partial charge in [-0.05, 0) is 25.1 Å². The van der Waals surface area contributed by atoms with E-state index < -0.39 is 107 Å². The molecule has 5 bridgehead atoms. The number of aliphatic hydroxyl groups excluding tert-OH is 3. The van der Waals surface area contributed by atoms with Crippen molar-refractivity contribution in [3.8, 4) is 11.5 Å². The van der Waals surface area contributed by atoms with Crippen LogP contribution in [0.25, 0.3) is 5.57 Å². The van der Waals surface area contributed by atoms with Gasteiger partial charge in [0.15, 0.2) is 17.2 Å². The van der Waals surface area contributed by atoms with Crippen LogP contribution in [0.15, 0.2) is 58.3 Å². The molecule has 0 saturated heterocycles. The van der Waals surface area contributed by atoms with Gasteiger partial charge >= 0.3 is 5.97 Å². The van der Waals surface area contributed by atoms with E-state index in [4.69, 9.17) is 18.9 Å². The number of phenolic OH excluding ortho intramolecular Hbond substituents is 1. The van der Waals surface area contributed by atoms with Crippen molar-refractivity contribution >= 4 is 28.9 Å². The summed E-state index contributed by atoms with van der Waals surface area (Å²) < 4.78 is 23.4. The lowest BCUT2D eigenvalue weighted by molar-refractivity contribution is -0.160. The van der Waals surface area contributed by atoms with Gasteiger partial charge in [-0.15, -0.1) is 4.91 Å². The number of anilines is 1. The van der Waals surface area contributed by atoms with E-state index in [-0.39, 0.29) is 33.6 Å². The third-order valence-corrected chi connectivity index (χ3v) is 10.3. The lowest BCUT2D eigenvalue weighted by Gasteiger charge is -2.38. The molecule has 3 aliphatic heterocycles. The summed E-state index contributed by atoms with van der Waals surface area (Å²) in [5.41, 5.74) is -2.17. The van der Waals surface area contributed by atoms with Gasteiger partial charge < -0.3 is 49.8 Å². The molecule has 1 amide bonds. The van der Waals surface area contributed by atoms with Crippen LogP contribution in [0, 0.1) is 28.6 Å². The number of phenols is 2. The minimum Gasteiger partial charge on any atom is -0.507 e. The summed E-state index contributed by atoms with van der Waals surface area (Å²) >= 11 is 0. The molecule has 1 aromatic rings. The summed E-state index contributed by atoms with van der Waals surface area (Å²) in [6.45, 7) is 11.3. The number of nitrogens with one attached hydrogen (secondary N) is 1. The number of ketones is 1. The van der Waals surface area contributed by atoms with Gasteiger partial charge in [0.25, 0.3) is 11.7 Å². The third kappa shape index (κ3) is 7.51. The van der Waals surface area contributed by atoms with Crippen molar-refractivity contribution in [2.75, 3.05) is 12.4 Å². The third-order valence-electron chi connectivity index (χ3n) is 10.3. The lowest BCUT2D eigenvalue weighted by Crippen LogP contribution is -2.46. The monoisotopic (exact) mass is 740 g/mol. The largest absolute Gasteiger partial charge is 0.507 e. The van der Waals surface area contributed by atoms with Crippen molar-refractivity contribution in [3.05, 3.63) is 74.8 Å². The molecule has 15 heteroatoms. The average Bonchev–Trinajstić information content (AvgIpc) is 3.42. The first-order valence-corrected chi connectivity index (χ1v) is 17.2. The molecular formula is C38H48N2O13. The quantitative estimate of drug-likeness (QED) is 0.108. The zero-order valence-corrected chi connectivity index (χ0v) is 31.2. The highest BCUT2D eigenvalue weighted by Gasteiger charge is 2.51. The minimum absolute atomic E-state index is 0.0777. The maximum absolute atomic E-state index is 13.8. The highest BCUT2D eigenvalue weighted by atomic mass is 16.7. The second-order valence-corrected chi connectivity index (χ2v) is 13.9. The van der Waals surface area contributed by atoms with E-state index in [1.54, 1.807) is 33.8 Å². The van der Waals surface area contributed by atoms with Crippen LogP contribution in [0.4, 0.5) is 5.69 Å². The van der Waals surface area contributed by atoms with Crippen molar-refractivity contribution in [2.24, 2.45) is 28.8 Å². The molecule has 9 atom stereocenters. The first kappa shape index (κ1) is 40.9. The topological polar surface area (TPSA) is 231 Å². The predicted molar refractivity (Wildman–Crippen MR) is 192 cm³/mol. The number of methoxy groups -OCH3 is 1. The first-order valence-electron chi connectivity index (χ1n) is 17.2. The SMILES string of the molecule is CO[C@H]1/C=C/O[C@@]2(C)OC3=C(C)C(=O)c4c(O)c(c(CO)c(O)c4C3=C2N=O)NC(=O)/C(C)=C\C=C\[C@H](C)[C@H](O)[C@@H](C)[C@@H](O)[C@@H](C)[C@H](OC(C)=O)[C@@H]1C. The molecule has 1 aromatic carbocycles. The summed E-state index contributed by atoms with van der Waals surface area (Å²) in [4.78, 5) is 51.8. The number of nitroso groups, excluding NO2 is 1. The number of allylic oxidation sites excluding steroid dienone is 4. The fraction of sp³-hybridized carbons (Fsp3) is 0.500. The number of fused-ring (bicyclic) bond motifs is 14. The highest BCUT2D eigenvalue weighted by Crippen LogP contribution is 2.56. The number of carbonyl (C=O) groups is 3. The fourth-order valence-corrected chi connectivity index (χ4v) is 7.07. The Hall–Kier alpha value is -4.83. The number of nitrogens with zero attached hydrogens (tertiary/aromatic N) is 1. The summed E-state index contributed by atoms with van der Waals surface area (Å²) in [6, 6.07) is 0. The molecule has 0 radical (unpaired) electrons. The van der Waals surface area contributed by atoms with E-state index in [0.717, 1.165) is 0 Å². The Morgan fingerprint density at radius 2 is 1.66 bits per heavy atom. The van der Waals surface area contributed by atoms with Gasteiger partial charge in [-0.3, -0.25) is 14.4 Å². The minimum atomic E-state index is -1.99. The Balaban J connectivity index is 1.95. The predicted octanol–water partition coefficient (Wildman–Crippen LogP) is 4.48. The van der Waals surface area contributed by atoms with E-state index in [1.807, 2.05) is 0 Å². The molecule has 288 valence electrons. The van der Waals surface area contributed by atoms with Crippen LogP contribution < -0.4 is 5.32 Å². The van der Waals surface area contributed by atoms with E-state index >= 15 is 0 Å². The molecule has 1 aliphatic carbocycles. The van der Waals surface area contributed by atoms with Gasteiger partial charge in [0.2, 0.25) is 0 Å². The molecule has 0 unspecified atom stereocenters. The van der Waals surface area contributed by atoms with E-state index in [0.29, 0.717) is 0 Å². The molecule has 0 aromatic heterocycles. The van der Waals surface area contributed by atoms with Crippen molar-refractivity contribution in [1.82, 2.24) is 0 Å². The number of benzene rings is 1. The summed E-state index contributed by atoms with van der Waals surface area (Å²) in [5.74, 6) is -8.37. The van der Waals surface area contributed by atoms with E-state index in [9.17, 15) is 44.8 Å². The second kappa shape index (κ2) is 16.0. The molecule has 6 N–H and O–H groups in total. The van der Waals surface area contributed by atoms with Gasteiger partial charge in [0.05, 0.1) is 48.0 Å². The Labute approximate surface area is 307 Å². The number of hydrogen-bond acceptors (Lipinski definition) is 14. The number of aliphatic hydroxyl groups is 3. The first-order chi connectivity index (χ1) is 24.9. The fourth-order valence-electron chi connectivity index (χ4n) is 7.07. The van der Waals surface area contributed by atoms with Crippen molar-refractivity contribution < 1.29 is 58.9 Å². The van der Waals surface area contributed by atoms with Crippen LogP contribution in [0.1, 0.15) is 76.9 Å². The average molecular weight is 741 g/mol. The molecule has 15 nitrogen and oxygen atoms in total. The van der Waals surface area contributed by atoms with Crippen molar-refractivity contribution in [2.45, 2.75) is 92.2 Å². The van der Waals surface area contributed by atoms with Gasteiger partial charge in [-0.25, -0.2) is 0 Å². The Morgan fingerprint density at radius 1 is 1.00 bits per heavy atom. The van der Waals surface area contributed by atoms with Crippen LogP contribution in [0.5, 0.6) is 11.5 Å². The number of amides is 1. The normalized spacial score (nSPS) is 33.3. The van der Waals surface area contributed by atoms with Crippen molar-refractivity contribution in [1.29, 1.82) is 0 Å². The Morgan fingerprint density at radius 3 is 2.25 bits per heavy atom. The zero-order chi connectivity index (χ0) is 39.7. The molecular weight excluding hydrogens is 692 g/mol. The Kier molecular flexibility index (Phi) is 12.4. The van der Waals surface area contributed by atoms with Gasteiger partial charge in [-0.1, -0.05) is 45.9 Å². The lowest BCUT2D eigenvalue weighted by atomic mass is 9.78. The summed E-state index contributed by atoms with van der Waals surface area (Å²) in [7, 11) is 1.41.